The van der Waals surface area contributed by atoms with Gasteiger partial charge < -0.3 is 69.9 Å². The zero-order valence-electron chi connectivity index (χ0n) is 63.1. The van der Waals surface area contributed by atoms with Crippen LogP contribution in [0.3, 0.4) is 0 Å². The van der Waals surface area contributed by atoms with Gasteiger partial charge in [-0.2, -0.15) is 0 Å². The van der Waals surface area contributed by atoms with Gasteiger partial charge in [-0.05, 0) is 172 Å². The van der Waals surface area contributed by atoms with Crippen LogP contribution in [-0.4, -0.2) is 205 Å². The van der Waals surface area contributed by atoms with Crippen LogP contribution in [0, 0.1) is 5.92 Å². The summed E-state index contributed by atoms with van der Waals surface area (Å²) in [5.74, 6) is -16.7. The Bertz CT molecular complexity index is 4160. The van der Waals surface area contributed by atoms with Gasteiger partial charge in [-0.1, -0.05) is 119 Å². The second kappa shape index (κ2) is 42.2. The second-order valence-electron chi connectivity index (χ2n) is 28.6. The fourth-order valence-electron chi connectivity index (χ4n) is 13.3. The molecule has 29 nitrogen and oxygen atoms in total. The van der Waals surface area contributed by atoms with E-state index < -0.39 is 175 Å². The van der Waals surface area contributed by atoms with Gasteiger partial charge in [0.25, 0.3) is 35.4 Å². The maximum absolute atomic E-state index is 18.0. The normalized spacial score (nSPS) is 15.5. The average Bonchev–Trinajstić information content (AvgIpc) is 0.906. The summed E-state index contributed by atoms with van der Waals surface area (Å²) in [7, 11) is 1.29. The standard InChI is InChI=1S/C80H104ClN15O14/c1-48(2)38-66(92-72(103)60(82)20-9-12-36-90-71(102)57-19-14-34-88-46-57)76(107)95(75(106)65(86-6)42-52-26-31-59(99)32-27-52)79(110)80(70(101)62(84)40-51-24-29-58(81)30-25-51,44-69(100)64(91-50(5)98)43-53-23-28-55-17-7-8-18-56(55)39-53)96(77(108)67(47-97)93-73(104)63(85)41-54-16-13-33-87-45-54)78(109)68-22-15-37-94(68)74(105)61(83)21-10-11-35-89-49(3)4/h7-8,13-14,16-19,23-34,39,45-46,48-49,60-68,86,89,97,99H,9-12,15,20-22,35-38,40-44,47,82-85H2,1-6H3,(H,90,102)(H,91,98)(H,92,103)(H,93,104)/t60-,61+,62-,63-,64-,65+,66+,67+,68+,80+/m1/s1. The Morgan fingerprint density at radius 1 is 0.618 bits per heavy atom. The molecule has 0 saturated carbocycles. The number of rotatable bonds is 41. The van der Waals surface area contributed by atoms with E-state index in [9.17, 15) is 29.4 Å². The number of fused-ring (bicyclic) bond motifs is 1. The molecule has 1 fully saturated rings. The van der Waals surface area contributed by atoms with Crippen LogP contribution >= 0.6 is 11.6 Å². The summed E-state index contributed by atoms with van der Waals surface area (Å²) in [4.78, 5) is 199. The molecule has 0 unspecified atom stereocenters. The Morgan fingerprint density at radius 2 is 1.21 bits per heavy atom. The average molecular weight is 1540 g/mol. The lowest BCUT2D eigenvalue weighted by molar-refractivity contribution is -0.177. The van der Waals surface area contributed by atoms with E-state index in [-0.39, 0.29) is 83.8 Å². The van der Waals surface area contributed by atoms with Gasteiger partial charge >= 0.3 is 0 Å². The number of ketones is 2. The first-order valence-electron chi connectivity index (χ1n) is 37.1. The van der Waals surface area contributed by atoms with Gasteiger partial charge in [-0.15, -0.1) is 0 Å². The Hall–Kier alpha value is -10.1. The van der Waals surface area contributed by atoms with E-state index in [1.807, 2.05) is 19.9 Å². The van der Waals surface area contributed by atoms with Crippen LogP contribution in [-0.2, 0) is 78.4 Å². The van der Waals surface area contributed by atoms with Crippen molar-refractivity contribution in [1.82, 2.24) is 56.6 Å². The first kappa shape index (κ1) is 87.1. The number of unbranched alkanes of at least 4 members (excludes halogenated alkanes) is 2. The molecule has 0 radical (unpaired) electrons. The Labute approximate surface area is 645 Å². The molecule has 110 heavy (non-hydrogen) atoms. The molecule has 590 valence electrons. The van der Waals surface area contributed by atoms with Crippen LogP contribution in [0.5, 0.6) is 5.75 Å². The number of carbonyl (C=O) groups excluding carboxylic acids is 12. The van der Waals surface area contributed by atoms with Crippen molar-refractivity contribution < 1.29 is 67.7 Å². The maximum atomic E-state index is 18.0. The molecule has 1 aliphatic heterocycles. The lowest BCUT2D eigenvalue weighted by Gasteiger charge is -2.46. The first-order chi connectivity index (χ1) is 52.5. The predicted molar refractivity (Wildman–Crippen MR) is 414 cm³/mol. The summed E-state index contributed by atoms with van der Waals surface area (Å²) in [6.07, 6.45) is 3.13. The zero-order valence-corrected chi connectivity index (χ0v) is 63.8. The van der Waals surface area contributed by atoms with Crippen LogP contribution in [0.2, 0.25) is 5.02 Å². The van der Waals surface area contributed by atoms with Gasteiger partial charge in [-0.3, -0.25) is 72.4 Å². The minimum Gasteiger partial charge on any atom is -0.508 e. The minimum absolute atomic E-state index is 0.00446. The molecule has 0 spiro atoms. The number of nitrogens with zero attached hydrogens (tertiary/aromatic N) is 5. The number of imide groups is 4. The number of carbonyl (C=O) groups is 12. The van der Waals surface area contributed by atoms with Crippen LogP contribution < -0.4 is 54.8 Å². The Morgan fingerprint density at radius 3 is 1.84 bits per heavy atom. The number of aromatic hydroxyl groups is 1. The van der Waals surface area contributed by atoms with Crippen molar-refractivity contribution in [1.29, 1.82) is 0 Å². The van der Waals surface area contributed by atoms with E-state index >= 15 is 38.4 Å². The first-order valence-corrected chi connectivity index (χ1v) is 37.5. The lowest BCUT2D eigenvalue weighted by atomic mass is 9.77. The number of aliphatic hydroxyl groups is 1. The number of hydrogen-bond donors (Lipinski definition) is 12. The quantitative estimate of drug-likeness (QED) is 0.0194. The van der Waals surface area contributed by atoms with Crippen LogP contribution in [0.1, 0.15) is 131 Å². The van der Waals surface area contributed by atoms with Crippen molar-refractivity contribution in [3.63, 3.8) is 0 Å². The zero-order chi connectivity index (χ0) is 80.4. The molecule has 1 saturated heterocycles. The summed E-state index contributed by atoms with van der Waals surface area (Å²) in [6.45, 7) is 7.30. The van der Waals surface area contributed by atoms with Gasteiger partial charge in [0.1, 0.15) is 23.9 Å². The van der Waals surface area contributed by atoms with E-state index in [1.54, 1.807) is 74.5 Å². The van der Waals surface area contributed by atoms with Crippen molar-refractivity contribution in [3.05, 3.63) is 173 Å². The van der Waals surface area contributed by atoms with Crippen molar-refractivity contribution >= 4 is 93.0 Å². The largest absolute Gasteiger partial charge is 0.508 e. The molecule has 10 atom stereocenters. The third-order valence-electron chi connectivity index (χ3n) is 19.2. The number of nitrogens with two attached hydrogens (primary N) is 4. The predicted octanol–water partition coefficient (Wildman–Crippen LogP) is 2.93. The van der Waals surface area contributed by atoms with Crippen molar-refractivity contribution in [2.45, 2.75) is 190 Å². The van der Waals surface area contributed by atoms with Crippen molar-refractivity contribution in [2.24, 2.45) is 28.9 Å². The lowest BCUT2D eigenvalue weighted by Crippen LogP contribution is -2.76. The molecule has 3 heterocycles. The number of amides is 10. The molecule has 10 amide bonds. The highest BCUT2D eigenvalue weighted by atomic mass is 35.5. The van der Waals surface area contributed by atoms with E-state index in [2.05, 4.69) is 41.9 Å². The highest BCUT2D eigenvalue weighted by molar-refractivity contribution is 6.30. The number of halogens is 1. The molecule has 0 aliphatic carbocycles. The number of likely N-dealkylation sites (N-methyl/N-ethyl adjacent to an activating group) is 1. The molecule has 6 aromatic rings. The van der Waals surface area contributed by atoms with Gasteiger partial charge in [0, 0.05) is 62.3 Å². The van der Waals surface area contributed by atoms with Crippen LogP contribution in [0.25, 0.3) is 10.8 Å². The summed E-state index contributed by atoms with van der Waals surface area (Å²) in [5.41, 5.74) is 24.6. The third kappa shape index (κ3) is 24.2. The molecule has 4 aromatic carbocycles. The third-order valence-corrected chi connectivity index (χ3v) is 19.4. The van der Waals surface area contributed by atoms with E-state index in [1.165, 1.54) is 80.4 Å². The molecule has 1 aliphatic rings. The van der Waals surface area contributed by atoms with Gasteiger partial charge in [0.05, 0.1) is 48.4 Å². The number of phenols is 1. The fourth-order valence-corrected chi connectivity index (χ4v) is 13.4. The molecule has 2 aromatic heterocycles. The number of likely N-dealkylation sites (tertiary alicyclic amines) is 1. The van der Waals surface area contributed by atoms with Gasteiger partial charge in [0.2, 0.25) is 23.6 Å². The number of nitrogens with one attached hydrogen (secondary N) is 6. The molecular weight excluding hydrogens is 1430 g/mol. The topological polar surface area (TPSA) is 457 Å². The summed E-state index contributed by atoms with van der Waals surface area (Å²) in [6, 6.07) is 13.6. The SMILES string of the molecule is CN[C@@H](Cc1ccc(O)cc1)C(=O)N(C(=O)[C@H](CC(C)C)NC(=O)[C@H](N)CCCCNC(=O)c1cccnc1)C(=O)[C@](CC(=O)[C@@H](Cc1ccc2ccccc2c1)NC(C)=O)(C(=O)[C@H](N)Cc1ccc(Cl)cc1)N(C(=O)[C@H](CO)NC(=O)[C@H](N)Cc1cccnc1)C(=O)[C@@H]1CCCN1C(=O)[C@@H](N)CCCCNC(C)C. The number of phenolic OH excluding ortho intramolecular Hbond substituents is 1. The van der Waals surface area contributed by atoms with Gasteiger partial charge in [0.15, 0.2) is 17.1 Å². The molecular formula is C80H104ClN15O14. The molecule has 7 rings (SSSR count). The van der Waals surface area contributed by atoms with Crippen LogP contribution in [0.15, 0.2) is 140 Å². The summed E-state index contributed by atoms with van der Waals surface area (Å²) < 4.78 is 0. The number of pyridine rings is 2. The highest BCUT2D eigenvalue weighted by Gasteiger charge is 2.64. The Kier molecular flexibility index (Phi) is 33.4. The minimum atomic E-state index is -4.03. The molecule has 30 heteroatoms. The van der Waals surface area contributed by atoms with E-state index in [0.29, 0.717) is 53.4 Å². The summed E-state index contributed by atoms with van der Waals surface area (Å²) in [5, 5.41) is 40.3. The smallest absolute Gasteiger partial charge is 0.270 e. The monoisotopic (exact) mass is 1530 g/mol. The second-order valence-corrected chi connectivity index (χ2v) is 29.0. The highest BCUT2D eigenvalue weighted by Crippen LogP contribution is 2.35. The van der Waals surface area contributed by atoms with E-state index in [0.717, 1.165) is 17.2 Å². The van der Waals surface area contributed by atoms with Crippen molar-refractivity contribution in [2.75, 3.05) is 33.3 Å². The Balaban J connectivity index is 1.53. The van der Waals surface area contributed by atoms with Crippen LogP contribution in [0.4, 0.5) is 0 Å². The number of aromatic nitrogens is 2. The number of aliphatic hydroxyl groups excluding tert-OH is 1. The maximum Gasteiger partial charge on any atom is 0.270 e. The molecule has 0 bridgehead atoms. The van der Waals surface area contributed by atoms with Gasteiger partial charge in [-0.25, -0.2) is 4.90 Å². The number of hydrogen-bond acceptors (Lipinski definition) is 22. The number of benzene rings is 4. The summed E-state index contributed by atoms with van der Waals surface area (Å²) >= 11 is 6.38. The molecule has 16 N–H and O–H groups in total. The van der Waals surface area contributed by atoms with E-state index in [4.69, 9.17) is 34.5 Å². The fraction of sp³-hybridized carbons (Fsp3) is 0.450. The van der Waals surface area contributed by atoms with Crippen molar-refractivity contribution in [3.8, 4) is 5.75 Å². The number of Topliss-reactive ketones (excluding diaryl/α,β-unsaturated/α-hetero) is 2.